The molecule has 2 saturated heterocycles. The molecule has 2 rings (SSSR count). The van der Waals surface area contributed by atoms with E-state index in [-0.39, 0.29) is 30.8 Å². The van der Waals surface area contributed by atoms with E-state index in [1.54, 1.807) is 13.1 Å². The molecule has 0 aromatic heterocycles. The summed E-state index contributed by atoms with van der Waals surface area (Å²) in [4.78, 5) is 26.6. The van der Waals surface area contributed by atoms with Gasteiger partial charge in [0.25, 0.3) is 0 Å². The van der Waals surface area contributed by atoms with Crippen LogP contribution in [-0.2, 0) is 9.59 Å². The van der Waals surface area contributed by atoms with Crippen LogP contribution in [0.3, 0.4) is 0 Å². The predicted molar refractivity (Wildman–Crippen MR) is 69.2 cm³/mol. The third kappa shape index (κ3) is 3.53. The van der Waals surface area contributed by atoms with Crippen molar-refractivity contribution in [2.24, 2.45) is 5.92 Å². The molecule has 1 N–H and O–H groups in total. The van der Waals surface area contributed by atoms with E-state index >= 15 is 0 Å². The van der Waals surface area contributed by atoms with Crippen molar-refractivity contribution in [3.63, 3.8) is 0 Å². The number of likely N-dealkylation sites (tertiary alicyclic amines) is 2. The molecular formula is C13H20FN3O2. The first-order chi connectivity index (χ1) is 9.10. The zero-order chi connectivity index (χ0) is 13.8. The summed E-state index contributed by atoms with van der Waals surface area (Å²) in [5.74, 6) is 0.00449. The average Bonchev–Trinajstić information content (AvgIpc) is 2.82. The third-order valence-electron chi connectivity index (χ3n) is 3.66. The van der Waals surface area contributed by atoms with Gasteiger partial charge in [-0.1, -0.05) is 6.08 Å². The third-order valence-corrected chi connectivity index (χ3v) is 3.66. The summed E-state index contributed by atoms with van der Waals surface area (Å²) >= 11 is 0. The smallest absolute Gasteiger partial charge is 0.246 e. The van der Waals surface area contributed by atoms with Gasteiger partial charge < -0.3 is 10.2 Å². The molecule has 0 saturated carbocycles. The van der Waals surface area contributed by atoms with Gasteiger partial charge in [-0.25, -0.2) is 4.39 Å². The second-order valence-corrected chi connectivity index (χ2v) is 5.10. The number of hydrogen-bond donors (Lipinski definition) is 1. The van der Waals surface area contributed by atoms with Crippen LogP contribution < -0.4 is 5.32 Å². The fourth-order valence-corrected chi connectivity index (χ4v) is 2.43. The van der Waals surface area contributed by atoms with Crippen molar-refractivity contribution in [2.45, 2.75) is 12.6 Å². The summed E-state index contributed by atoms with van der Waals surface area (Å²) in [6, 6.07) is 0. The van der Waals surface area contributed by atoms with E-state index in [0.717, 1.165) is 19.5 Å². The topological polar surface area (TPSA) is 52.7 Å². The molecule has 0 aromatic rings. The Kier molecular flexibility index (Phi) is 4.52. The van der Waals surface area contributed by atoms with E-state index in [1.807, 2.05) is 0 Å². The van der Waals surface area contributed by atoms with Crippen LogP contribution in [0.15, 0.2) is 12.2 Å². The Labute approximate surface area is 112 Å². The van der Waals surface area contributed by atoms with Gasteiger partial charge in [0.15, 0.2) is 0 Å². The summed E-state index contributed by atoms with van der Waals surface area (Å²) in [5, 5.41) is 2.66. The molecule has 5 nitrogen and oxygen atoms in total. The summed E-state index contributed by atoms with van der Waals surface area (Å²) in [5.41, 5.74) is 0. The Hall–Kier alpha value is -1.43. The second kappa shape index (κ2) is 6.14. The van der Waals surface area contributed by atoms with Crippen molar-refractivity contribution in [3.8, 4) is 0 Å². The quantitative estimate of drug-likeness (QED) is 0.719. The number of rotatable bonds is 4. The molecule has 19 heavy (non-hydrogen) atoms. The van der Waals surface area contributed by atoms with E-state index in [1.165, 1.54) is 11.0 Å². The van der Waals surface area contributed by atoms with Crippen LogP contribution in [0.2, 0.25) is 0 Å². The molecular weight excluding hydrogens is 249 g/mol. The second-order valence-electron chi connectivity index (χ2n) is 5.10. The zero-order valence-electron chi connectivity index (χ0n) is 11.1. The number of alkyl halides is 1. The maximum Gasteiger partial charge on any atom is 0.246 e. The first-order valence-corrected chi connectivity index (χ1v) is 6.63. The molecule has 6 heteroatoms. The highest BCUT2D eigenvalue weighted by Gasteiger charge is 2.29. The molecule has 2 fully saturated rings. The molecule has 0 aliphatic carbocycles. The normalized spacial score (nSPS) is 24.7. The van der Waals surface area contributed by atoms with Crippen molar-refractivity contribution in [1.29, 1.82) is 0 Å². The highest BCUT2D eigenvalue weighted by Crippen LogP contribution is 2.16. The van der Waals surface area contributed by atoms with Crippen LogP contribution in [0.4, 0.5) is 4.39 Å². The van der Waals surface area contributed by atoms with E-state index < -0.39 is 6.17 Å². The number of nitrogens with one attached hydrogen (secondary N) is 1. The van der Waals surface area contributed by atoms with E-state index in [2.05, 4.69) is 10.2 Å². The van der Waals surface area contributed by atoms with Crippen molar-refractivity contribution in [3.05, 3.63) is 12.2 Å². The first-order valence-electron chi connectivity index (χ1n) is 6.63. The fraction of sp³-hybridized carbons (Fsp3) is 0.692. The number of hydrogen-bond acceptors (Lipinski definition) is 3. The Morgan fingerprint density at radius 3 is 2.74 bits per heavy atom. The summed E-state index contributed by atoms with van der Waals surface area (Å²) in [7, 11) is 1.65. The lowest BCUT2D eigenvalue weighted by molar-refractivity contribution is -0.132. The maximum absolute atomic E-state index is 12.6. The van der Waals surface area contributed by atoms with Gasteiger partial charge in [0.1, 0.15) is 6.17 Å². The molecule has 1 unspecified atom stereocenters. The van der Waals surface area contributed by atoms with Crippen molar-refractivity contribution in [2.75, 3.05) is 39.8 Å². The lowest BCUT2D eigenvalue weighted by atomic mass is 10.1. The number of amides is 2. The van der Waals surface area contributed by atoms with E-state index in [9.17, 15) is 14.0 Å². The average molecular weight is 269 g/mol. The van der Waals surface area contributed by atoms with Gasteiger partial charge in [-0.15, -0.1) is 0 Å². The van der Waals surface area contributed by atoms with Gasteiger partial charge >= 0.3 is 0 Å². The summed E-state index contributed by atoms with van der Waals surface area (Å²) in [6.45, 7) is 2.69. The SMILES string of the molecule is CNC(=O)C1CCN(C/C=C/C(=O)N2CC(F)C2)C1. The molecule has 1 atom stereocenters. The van der Waals surface area contributed by atoms with Crippen LogP contribution in [-0.4, -0.2) is 67.6 Å². The predicted octanol–water partition coefficient (Wildman–Crippen LogP) is -0.209. The lowest BCUT2D eigenvalue weighted by Gasteiger charge is -2.33. The Balaban J connectivity index is 1.68. The molecule has 2 aliphatic heterocycles. The van der Waals surface area contributed by atoms with Gasteiger partial charge in [0, 0.05) is 26.2 Å². The van der Waals surface area contributed by atoms with Gasteiger partial charge in [0.2, 0.25) is 11.8 Å². The Morgan fingerprint density at radius 1 is 1.37 bits per heavy atom. The van der Waals surface area contributed by atoms with Crippen LogP contribution in [0.25, 0.3) is 0 Å². The number of carbonyl (C=O) groups excluding carboxylic acids is 2. The molecule has 2 aliphatic rings. The van der Waals surface area contributed by atoms with E-state index in [0.29, 0.717) is 6.54 Å². The zero-order valence-corrected chi connectivity index (χ0v) is 11.1. The van der Waals surface area contributed by atoms with Gasteiger partial charge in [-0.05, 0) is 13.0 Å². The summed E-state index contributed by atoms with van der Waals surface area (Å²) < 4.78 is 12.6. The molecule has 0 radical (unpaired) electrons. The molecule has 0 bridgehead atoms. The molecule has 106 valence electrons. The Bertz CT molecular complexity index is 380. The van der Waals surface area contributed by atoms with Crippen LogP contribution in [0.1, 0.15) is 6.42 Å². The number of halogens is 1. The monoisotopic (exact) mass is 269 g/mol. The molecule has 0 aromatic carbocycles. The maximum atomic E-state index is 12.6. The van der Waals surface area contributed by atoms with E-state index in [4.69, 9.17) is 0 Å². The lowest BCUT2D eigenvalue weighted by Crippen LogP contribution is -2.50. The highest BCUT2D eigenvalue weighted by molar-refractivity contribution is 5.88. The first kappa shape index (κ1) is 14.0. The fourth-order valence-electron chi connectivity index (χ4n) is 2.43. The minimum Gasteiger partial charge on any atom is -0.359 e. The summed E-state index contributed by atoms with van der Waals surface area (Å²) in [6.07, 6.45) is 3.29. The number of nitrogens with zero attached hydrogens (tertiary/aromatic N) is 2. The van der Waals surface area contributed by atoms with Crippen molar-refractivity contribution < 1.29 is 14.0 Å². The van der Waals surface area contributed by atoms with Crippen molar-refractivity contribution >= 4 is 11.8 Å². The van der Waals surface area contributed by atoms with Gasteiger partial charge in [0.05, 0.1) is 19.0 Å². The minimum absolute atomic E-state index is 0.0526. The van der Waals surface area contributed by atoms with Gasteiger partial charge in [-0.3, -0.25) is 14.5 Å². The highest BCUT2D eigenvalue weighted by atomic mass is 19.1. The standard InChI is InChI=1S/C13H20FN3O2/c1-15-13(19)10-4-6-16(7-10)5-2-3-12(18)17-8-11(14)9-17/h2-3,10-11H,4-9H2,1H3,(H,15,19)/b3-2+. The largest absolute Gasteiger partial charge is 0.359 e. The minimum atomic E-state index is -0.857. The van der Waals surface area contributed by atoms with Gasteiger partial charge in [-0.2, -0.15) is 0 Å². The Morgan fingerprint density at radius 2 is 2.11 bits per heavy atom. The van der Waals surface area contributed by atoms with Crippen LogP contribution in [0, 0.1) is 5.92 Å². The molecule has 0 spiro atoms. The number of carbonyl (C=O) groups is 2. The van der Waals surface area contributed by atoms with Crippen LogP contribution >= 0.6 is 0 Å². The molecule has 2 heterocycles. The van der Waals surface area contributed by atoms with Crippen LogP contribution in [0.5, 0.6) is 0 Å². The van der Waals surface area contributed by atoms with Crippen molar-refractivity contribution in [1.82, 2.24) is 15.1 Å². The molecule has 2 amide bonds.